The third-order valence-corrected chi connectivity index (χ3v) is 3.91. The van der Waals surface area contributed by atoms with Gasteiger partial charge in [-0.1, -0.05) is 27.7 Å². The molecule has 0 spiro atoms. The maximum absolute atomic E-state index is 5.96. The molecule has 1 aromatic rings. The van der Waals surface area contributed by atoms with Crippen molar-refractivity contribution < 1.29 is 4.74 Å². The van der Waals surface area contributed by atoms with Crippen molar-refractivity contribution in [2.75, 3.05) is 6.61 Å². The van der Waals surface area contributed by atoms with Crippen molar-refractivity contribution in [2.45, 2.75) is 52.8 Å². The van der Waals surface area contributed by atoms with Gasteiger partial charge in [-0.2, -0.15) is 5.10 Å². The van der Waals surface area contributed by atoms with Crippen molar-refractivity contribution in [3.05, 3.63) is 18.0 Å². The van der Waals surface area contributed by atoms with Gasteiger partial charge >= 0.3 is 0 Å². The molecule has 1 heterocycles. The van der Waals surface area contributed by atoms with Gasteiger partial charge in [-0.3, -0.25) is 5.10 Å². The first-order chi connectivity index (χ1) is 8.50. The van der Waals surface area contributed by atoms with E-state index in [9.17, 15) is 0 Å². The van der Waals surface area contributed by atoms with E-state index in [1.54, 1.807) is 6.20 Å². The molecule has 1 aliphatic rings. The molecule has 102 valence electrons. The first-order valence-corrected chi connectivity index (χ1v) is 6.83. The van der Waals surface area contributed by atoms with Crippen LogP contribution in [0.3, 0.4) is 0 Å². The Morgan fingerprint density at radius 3 is 2.89 bits per heavy atom. The van der Waals surface area contributed by atoms with Gasteiger partial charge in [0.05, 0.1) is 6.10 Å². The molecule has 1 aliphatic carbocycles. The van der Waals surface area contributed by atoms with Gasteiger partial charge in [0.1, 0.15) is 0 Å². The summed E-state index contributed by atoms with van der Waals surface area (Å²) in [6.07, 6.45) is 3.28. The zero-order valence-electron chi connectivity index (χ0n) is 11.9. The van der Waals surface area contributed by atoms with Crippen molar-refractivity contribution in [1.29, 1.82) is 0 Å². The van der Waals surface area contributed by atoms with Gasteiger partial charge in [0.25, 0.3) is 0 Å². The number of rotatable bonds is 6. The quantitative estimate of drug-likeness (QED) is 0.816. The number of ether oxygens (including phenoxy) is 1. The van der Waals surface area contributed by atoms with Gasteiger partial charge in [0.2, 0.25) is 0 Å². The predicted octanol–water partition coefficient (Wildman–Crippen LogP) is 2.34. The monoisotopic (exact) mass is 251 g/mol. The number of aromatic nitrogens is 2. The van der Waals surface area contributed by atoms with Crippen LogP contribution in [0.15, 0.2) is 12.3 Å². The number of hydrogen-bond donors (Lipinski definition) is 2. The lowest BCUT2D eigenvalue weighted by atomic mass is 9.64. The highest BCUT2D eigenvalue weighted by Crippen LogP contribution is 2.43. The van der Waals surface area contributed by atoms with E-state index in [1.165, 1.54) is 0 Å². The third-order valence-electron chi connectivity index (χ3n) is 3.91. The van der Waals surface area contributed by atoms with Crippen LogP contribution < -0.4 is 5.32 Å². The summed E-state index contributed by atoms with van der Waals surface area (Å²) >= 11 is 0. The third kappa shape index (κ3) is 2.93. The number of aromatic amines is 1. The lowest BCUT2D eigenvalue weighted by molar-refractivity contribution is -0.124. The molecular weight excluding hydrogens is 226 g/mol. The van der Waals surface area contributed by atoms with Gasteiger partial charge < -0.3 is 10.1 Å². The molecule has 1 aromatic heterocycles. The molecule has 2 atom stereocenters. The number of nitrogens with one attached hydrogen (secondary N) is 2. The van der Waals surface area contributed by atoms with E-state index in [-0.39, 0.29) is 5.41 Å². The van der Waals surface area contributed by atoms with Crippen LogP contribution in [0, 0.1) is 11.3 Å². The first kappa shape index (κ1) is 13.6. The van der Waals surface area contributed by atoms with E-state index in [1.807, 2.05) is 6.07 Å². The standard InChI is InChI=1S/C14H25N3O/c1-10(2)9-18-13-7-12(14(13,3)4)15-8-11-5-6-16-17-11/h5-6,10,12-13,15H,7-9H2,1-4H3,(H,16,17). The summed E-state index contributed by atoms with van der Waals surface area (Å²) in [6, 6.07) is 2.53. The molecule has 1 saturated carbocycles. The summed E-state index contributed by atoms with van der Waals surface area (Å²) in [6.45, 7) is 10.7. The van der Waals surface area contributed by atoms with Gasteiger partial charge in [-0.15, -0.1) is 0 Å². The van der Waals surface area contributed by atoms with Gasteiger partial charge in [0, 0.05) is 36.5 Å². The second-order valence-corrected chi connectivity index (χ2v) is 6.29. The minimum atomic E-state index is 0.217. The van der Waals surface area contributed by atoms with Gasteiger partial charge in [0.15, 0.2) is 0 Å². The molecule has 0 saturated heterocycles. The Labute approximate surface area is 110 Å². The summed E-state index contributed by atoms with van der Waals surface area (Å²) in [7, 11) is 0. The Morgan fingerprint density at radius 2 is 2.33 bits per heavy atom. The molecule has 1 fully saturated rings. The van der Waals surface area contributed by atoms with E-state index in [0.717, 1.165) is 25.3 Å². The number of H-pyrrole nitrogens is 1. The van der Waals surface area contributed by atoms with E-state index in [4.69, 9.17) is 4.74 Å². The SMILES string of the molecule is CC(C)COC1CC(NCc2ccn[nH]2)C1(C)C. The topological polar surface area (TPSA) is 49.9 Å². The molecule has 2 unspecified atom stereocenters. The van der Waals surface area contributed by atoms with Gasteiger partial charge in [-0.25, -0.2) is 0 Å². The molecule has 0 aromatic carbocycles. The van der Waals surface area contributed by atoms with E-state index >= 15 is 0 Å². The average molecular weight is 251 g/mol. The van der Waals surface area contributed by atoms with Crippen molar-refractivity contribution in [2.24, 2.45) is 11.3 Å². The fourth-order valence-corrected chi connectivity index (χ4v) is 2.44. The fourth-order valence-electron chi connectivity index (χ4n) is 2.44. The Balaban J connectivity index is 1.76. The second kappa shape index (κ2) is 5.41. The minimum absolute atomic E-state index is 0.217. The maximum atomic E-state index is 5.96. The highest BCUT2D eigenvalue weighted by molar-refractivity contribution is 5.05. The molecule has 4 heteroatoms. The Hall–Kier alpha value is -0.870. The molecule has 0 amide bonds. The van der Waals surface area contributed by atoms with Crippen LogP contribution in [-0.4, -0.2) is 29.0 Å². The second-order valence-electron chi connectivity index (χ2n) is 6.29. The van der Waals surface area contributed by atoms with E-state index in [2.05, 4.69) is 43.2 Å². The highest BCUT2D eigenvalue weighted by Gasteiger charge is 2.48. The van der Waals surface area contributed by atoms with Crippen LogP contribution >= 0.6 is 0 Å². The van der Waals surface area contributed by atoms with Crippen molar-refractivity contribution in [3.8, 4) is 0 Å². The van der Waals surface area contributed by atoms with Crippen LogP contribution in [0.5, 0.6) is 0 Å². The molecular formula is C14H25N3O. The molecule has 2 rings (SSSR count). The normalized spacial score (nSPS) is 26.3. The Bertz CT molecular complexity index is 359. The zero-order valence-corrected chi connectivity index (χ0v) is 11.9. The molecule has 18 heavy (non-hydrogen) atoms. The average Bonchev–Trinajstić information content (AvgIpc) is 2.79. The van der Waals surface area contributed by atoms with Crippen LogP contribution in [0.25, 0.3) is 0 Å². The Kier molecular flexibility index (Phi) is 4.07. The van der Waals surface area contributed by atoms with Crippen molar-refractivity contribution >= 4 is 0 Å². The summed E-state index contributed by atoms with van der Waals surface area (Å²) in [4.78, 5) is 0. The summed E-state index contributed by atoms with van der Waals surface area (Å²) < 4.78 is 5.96. The largest absolute Gasteiger partial charge is 0.377 e. The predicted molar refractivity (Wildman–Crippen MR) is 72.2 cm³/mol. The zero-order chi connectivity index (χ0) is 13.2. The molecule has 4 nitrogen and oxygen atoms in total. The van der Waals surface area contributed by atoms with Crippen LogP contribution in [-0.2, 0) is 11.3 Å². The highest BCUT2D eigenvalue weighted by atomic mass is 16.5. The summed E-state index contributed by atoms with van der Waals surface area (Å²) in [5.41, 5.74) is 1.35. The van der Waals surface area contributed by atoms with Gasteiger partial charge in [-0.05, 0) is 18.4 Å². The van der Waals surface area contributed by atoms with Crippen LogP contribution in [0.2, 0.25) is 0 Å². The minimum Gasteiger partial charge on any atom is -0.377 e. The first-order valence-electron chi connectivity index (χ1n) is 6.83. The van der Waals surface area contributed by atoms with Crippen LogP contribution in [0.1, 0.15) is 39.8 Å². The molecule has 0 aliphatic heterocycles. The van der Waals surface area contributed by atoms with Crippen molar-refractivity contribution in [1.82, 2.24) is 15.5 Å². The lowest BCUT2D eigenvalue weighted by Gasteiger charge is -2.52. The summed E-state index contributed by atoms with van der Waals surface area (Å²) in [5.74, 6) is 0.609. The van der Waals surface area contributed by atoms with Crippen molar-refractivity contribution in [3.63, 3.8) is 0 Å². The number of nitrogens with zero attached hydrogens (tertiary/aromatic N) is 1. The molecule has 2 N–H and O–H groups in total. The van der Waals surface area contributed by atoms with E-state index in [0.29, 0.717) is 18.1 Å². The van der Waals surface area contributed by atoms with E-state index < -0.39 is 0 Å². The maximum Gasteiger partial charge on any atom is 0.0656 e. The fraction of sp³-hybridized carbons (Fsp3) is 0.786. The molecule has 0 bridgehead atoms. The molecule has 0 radical (unpaired) electrons. The smallest absolute Gasteiger partial charge is 0.0656 e. The summed E-state index contributed by atoms with van der Waals surface area (Å²) in [5, 5.41) is 10.5. The Morgan fingerprint density at radius 1 is 1.56 bits per heavy atom. The van der Waals surface area contributed by atoms with Crippen LogP contribution in [0.4, 0.5) is 0 Å². The lowest BCUT2D eigenvalue weighted by Crippen LogP contribution is -2.60. The number of hydrogen-bond acceptors (Lipinski definition) is 3.